The molecule has 0 aromatic heterocycles. The average molecular weight is 1670 g/mol. The first-order valence-corrected chi connectivity index (χ1v) is 47.9. The van der Waals surface area contributed by atoms with Gasteiger partial charge < -0.3 is 59.4 Å². The molecule has 16 heteroatoms. The van der Waals surface area contributed by atoms with E-state index in [1.54, 1.807) is 0 Å². The normalized spacial score (nSPS) is 14.6. The molecule has 8 aromatic rings. The molecule has 0 bridgehead atoms. The molecule has 12 rings (SSSR count). The highest BCUT2D eigenvalue weighted by Gasteiger charge is 2.46. The summed E-state index contributed by atoms with van der Waals surface area (Å²) in [5, 5.41) is 16.7. The van der Waals surface area contributed by atoms with E-state index in [1.807, 2.05) is 0 Å². The van der Waals surface area contributed by atoms with Gasteiger partial charge in [-0.05, 0) is 210 Å². The van der Waals surface area contributed by atoms with Crippen LogP contribution in [0.2, 0.25) is 0 Å². The van der Waals surface area contributed by atoms with Gasteiger partial charge >= 0.3 is 28.5 Å². The summed E-state index contributed by atoms with van der Waals surface area (Å²) in [4.78, 5) is 20.2. The van der Waals surface area contributed by atoms with Crippen LogP contribution in [-0.4, -0.2) is 54.6 Å². The fourth-order valence-corrected chi connectivity index (χ4v) is 19.4. The lowest BCUT2D eigenvalue weighted by molar-refractivity contribution is 0.799. The second-order valence-electron chi connectivity index (χ2n) is 40.5. The Morgan fingerprint density at radius 3 is 0.306 bits per heavy atom. The zero-order valence-electron chi connectivity index (χ0n) is 82.4. The Hall–Kier alpha value is -8.78. The maximum Gasteiger partial charge on any atom is 0.476 e. The third kappa shape index (κ3) is 20.3. The van der Waals surface area contributed by atoms with Crippen molar-refractivity contribution in [2.45, 2.75) is 316 Å². The van der Waals surface area contributed by atoms with E-state index in [4.69, 9.17) is 0 Å². The summed E-state index contributed by atoms with van der Waals surface area (Å²) in [5.74, 6) is 6.05. The van der Waals surface area contributed by atoms with Gasteiger partial charge in [-0.25, -0.2) is 0 Å². The summed E-state index contributed by atoms with van der Waals surface area (Å²) in [6.07, 6.45) is 18.6. The molecule has 0 aliphatic carbocycles. The van der Waals surface area contributed by atoms with E-state index >= 15 is 0 Å². The Labute approximate surface area is 755 Å². The number of hydrogen-bond acceptors (Lipinski definition) is 12. The Balaban J connectivity index is 0.000000241. The zero-order chi connectivity index (χ0) is 90.3. The molecule has 4 heterocycles. The van der Waals surface area contributed by atoms with Crippen LogP contribution in [-0.2, 0) is 0 Å². The van der Waals surface area contributed by atoms with Crippen molar-refractivity contribution in [3.05, 3.63) is 284 Å². The number of nitrogens with zero attached hydrogens (tertiary/aromatic N) is 8. The van der Waals surface area contributed by atoms with Crippen LogP contribution in [0.25, 0.3) is 0 Å². The quantitative estimate of drug-likeness (QED) is 0.0229. The van der Waals surface area contributed by atoms with Gasteiger partial charge in [0.2, 0.25) is 0 Å². The third-order valence-corrected chi connectivity index (χ3v) is 26.0. The van der Waals surface area contributed by atoms with Gasteiger partial charge in [-0.3, -0.25) is 0 Å². The zero-order valence-corrected chi connectivity index (χ0v) is 82.4. The lowest BCUT2D eigenvalue weighted by Crippen LogP contribution is -2.60. The molecule has 4 aliphatic heterocycles. The van der Waals surface area contributed by atoms with Gasteiger partial charge in [0.25, 0.3) is 0 Å². The van der Waals surface area contributed by atoms with Crippen LogP contribution >= 0.6 is 0 Å². The van der Waals surface area contributed by atoms with Crippen LogP contribution in [0.3, 0.4) is 0 Å². The topological polar surface area (TPSA) is 74.0 Å². The number of para-hydroxylation sites is 8. The van der Waals surface area contributed by atoms with Crippen LogP contribution < -0.4 is 59.4 Å². The van der Waals surface area contributed by atoms with Gasteiger partial charge in [-0.2, -0.15) is 0 Å². The molecule has 124 heavy (non-hydrogen) atoms. The smallest absolute Gasteiger partial charge is 0.356 e. The maximum atomic E-state index is 4.16. The minimum atomic E-state index is -0.121. The third-order valence-electron chi connectivity index (χ3n) is 26.0. The minimum absolute atomic E-state index is 0.121. The van der Waals surface area contributed by atoms with Gasteiger partial charge in [-0.15, -0.1) is 0 Å². The van der Waals surface area contributed by atoms with E-state index in [2.05, 4.69) is 476 Å². The molecule has 12 nitrogen and oxygen atoms in total. The number of rotatable bonds is 34. The Bertz CT molecular complexity index is 3900. The fourth-order valence-electron chi connectivity index (χ4n) is 19.4. The first-order chi connectivity index (χ1) is 58.9. The second kappa shape index (κ2) is 41.8. The van der Waals surface area contributed by atoms with Crippen LogP contribution in [0.15, 0.2) is 195 Å². The number of benzene rings is 8. The highest BCUT2D eigenvalue weighted by Crippen LogP contribution is 2.49. The van der Waals surface area contributed by atoms with Gasteiger partial charge in [0.1, 0.15) is 0 Å². The predicted molar refractivity (Wildman–Crippen MR) is 548 cm³/mol. The molecule has 0 saturated carbocycles. The summed E-state index contributed by atoms with van der Waals surface area (Å²) in [5.41, 5.74) is 32.7. The molecule has 4 aliphatic rings. The van der Waals surface area contributed by atoms with Gasteiger partial charge in [0, 0.05) is 95.1 Å². The fraction of sp³-hybridized carbons (Fsp3) is 0.481. The summed E-state index contributed by atoms with van der Waals surface area (Å²) < 4.78 is 0. The SMILES string of the molecule is CC(C)c1cccc(C(C)C)c1N1C=CN(c2c(C(C)C)cccc2C(C)C)B1NCCNB1N(c2c(C(C)C)cccc2C(C)C)C=CN1c1c(C(C)C)cccc1C(C)C.CC(C)c1cccc(C(C)C)c1N1C=CN(c2c(C(C)C)cccc2C(C)C)B1NCCNB1N(c2c(C(C)C)cccc2C(C)C)C=CN1c1c(C(C)C)cccc1C(C)C. The van der Waals surface area contributed by atoms with Crippen LogP contribution in [0.4, 0.5) is 45.5 Å². The van der Waals surface area contributed by atoms with Crippen molar-refractivity contribution < 1.29 is 0 Å². The molecule has 0 amide bonds. The largest absolute Gasteiger partial charge is 0.476 e. The molecular formula is C108H156B4N12. The van der Waals surface area contributed by atoms with Crippen molar-refractivity contribution in [2.24, 2.45) is 0 Å². The highest BCUT2D eigenvalue weighted by molar-refractivity contribution is 6.69. The maximum absolute atomic E-state index is 4.16. The molecule has 8 aromatic carbocycles. The predicted octanol–water partition coefficient (Wildman–Crippen LogP) is 28.2. The standard InChI is InChI=1S/2C54H78B2N6/c2*1-35(2)43-21-17-22-44(36(3)4)51(43)59-31-32-60(52-45(37(5)6)23-18-24-46(52)38(7)8)55(59)57-29-30-58-56-61(53-47(39(9)10)25-19-26-48(53)40(11)12)33-34-62(56)54-49(41(13)14)27-20-28-50(54)42(15)16/h2*17-28,31-42,57-58H,29-30H2,1-16H3. The molecule has 0 spiro atoms. The number of hydrogen-bond donors (Lipinski definition) is 4. The van der Waals surface area contributed by atoms with Crippen molar-refractivity contribution in [1.82, 2.24) is 20.9 Å². The first-order valence-electron chi connectivity index (χ1n) is 47.9. The van der Waals surface area contributed by atoms with Gasteiger partial charge in [0.15, 0.2) is 0 Å². The van der Waals surface area contributed by atoms with E-state index in [0.29, 0.717) is 94.7 Å². The van der Waals surface area contributed by atoms with E-state index in [9.17, 15) is 0 Å². The van der Waals surface area contributed by atoms with E-state index in [0.717, 1.165) is 26.2 Å². The molecule has 4 N–H and O–H groups in total. The molecule has 0 radical (unpaired) electrons. The van der Waals surface area contributed by atoms with Crippen LogP contribution in [0.5, 0.6) is 0 Å². The van der Waals surface area contributed by atoms with Crippen molar-refractivity contribution in [2.75, 3.05) is 64.7 Å². The van der Waals surface area contributed by atoms with Crippen molar-refractivity contribution >= 4 is 74.0 Å². The first kappa shape index (κ1) is 95.9. The number of nitrogens with one attached hydrogen (secondary N) is 4. The lowest BCUT2D eigenvalue weighted by atomic mass is 9.80. The van der Waals surface area contributed by atoms with Crippen LogP contribution in [0, 0.1) is 0 Å². The molecule has 0 saturated heterocycles. The highest BCUT2D eigenvalue weighted by atomic mass is 15.4. The molecule has 660 valence electrons. The number of anilines is 8. The Morgan fingerprint density at radius 1 is 0.153 bits per heavy atom. The molecule has 0 atom stereocenters. The molecular weight excluding hydrogens is 1510 g/mol. The molecule has 0 fully saturated rings. The summed E-state index contributed by atoms with van der Waals surface area (Å²) in [7, 11) is -0.485. The molecule has 0 unspecified atom stereocenters. The monoisotopic (exact) mass is 1670 g/mol. The van der Waals surface area contributed by atoms with Gasteiger partial charge in [-0.1, -0.05) is 367 Å². The van der Waals surface area contributed by atoms with Crippen molar-refractivity contribution in [1.29, 1.82) is 0 Å². The van der Waals surface area contributed by atoms with Gasteiger partial charge in [0.05, 0.1) is 0 Å². The van der Waals surface area contributed by atoms with E-state index in [1.165, 1.54) is 135 Å². The van der Waals surface area contributed by atoms with E-state index < -0.39 is 0 Å². The summed E-state index contributed by atoms with van der Waals surface area (Å²) in [6.45, 7) is 77.5. The summed E-state index contributed by atoms with van der Waals surface area (Å²) >= 11 is 0. The summed E-state index contributed by atoms with van der Waals surface area (Å²) in [6, 6.07) is 55.3. The minimum Gasteiger partial charge on any atom is -0.356 e. The second-order valence-corrected chi connectivity index (χ2v) is 40.5. The van der Waals surface area contributed by atoms with E-state index in [-0.39, 0.29) is 28.5 Å². The van der Waals surface area contributed by atoms with Crippen molar-refractivity contribution in [3.63, 3.8) is 0 Å². The Morgan fingerprint density at radius 2 is 0.234 bits per heavy atom. The Kier molecular flexibility index (Phi) is 32.3. The lowest BCUT2D eigenvalue weighted by Gasteiger charge is -2.37. The van der Waals surface area contributed by atoms with Crippen LogP contribution in [0.1, 0.15) is 405 Å². The average Bonchev–Trinajstić information content (AvgIpc) is 1.61. The van der Waals surface area contributed by atoms with Crippen molar-refractivity contribution in [3.8, 4) is 0 Å².